The molecule has 17 heavy (non-hydrogen) atoms. The number of nitrogens with zero attached hydrogens (tertiary/aromatic N) is 2. The van der Waals surface area contributed by atoms with Gasteiger partial charge in [-0.2, -0.15) is 11.8 Å². The molecule has 1 aromatic rings. The predicted octanol–water partition coefficient (Wildman–Crippen LogP) is 1.70. The number of carbonyl (C=O) groups is 1. The first-order valence-electron chi connectivity index (χ1n) is 5.71. The number of hydrogen-bond donors (Lipinski definition) is 1. The van der Waals surface area contributed by atoms with Crippen LogP contribution in [0.3, 0.4) is 0 Å². The molecule has 0 radical (unpaired) electrons. The summed E-state index contributed by atoms with van der Waals surface area (Å²) in [5.74, 6) is 2.19. The van der Waals surface area contributed by atoms with Crippen LogP contribution in [0, 0.1) is 0 Å². The summed E-state index contributed by atoms with van der Waals surface area (Å²) >= 11 is 1.90. The Hall–Kier alpha value is -1.23. The van der Waals surface area contributed by atoms with Crippen molar-refractivity contribution in [3.63, 3.8) is 0 Å². The predicted molar refractivity (Wildman–Crippen MR) is 71.6 cm³/mol. The normalized spacial score (nSPS) is 19.1. The van der Waals surface area contributed by atoms with E-state index in [0.717, 1.165) is 23.6 Å². The first-order valence-corrected chi connectivity index (χ1v) is 6.86. The molecular weight excluding hydrogens is 234 g/mol. The Bertz CT molecular complexity index is 404. The Morgan fingerprint density at radius 1 is 1.65 bits per heavy atom. The first-order chi connectivity index (χ1) is 8.22. The molecule has 4 nitrogen and oxygen atoms in total. The monoisotopic (exact) mass is 251 g/mol. The molecular formula is C12H17N3OS. The average molecular weight is 251 g/mol. The molecule has 5 heteroatoms. The molecule has 0 aliphatic carbocycles. The average Bonchev–Trinajstić information content (AvgIpc) is 2.91. The summed E-state index contributed by atoms with van der Waals surface area (Å²) in [7, 11) is 3.70. The Kier molecular flexibility index (Phi) is 3.89. The van der Waals surface area contributed by atoms with E-state index in [1.807, 2.05) is 36.8 Å². The summed E-state index contributed by atoms with van der Waals surface area (Å²) in [4.78, 5) is 18.2. The fourth-order valence-corrected chi connectivity index (χ4v) is 3.14. The molecule has 1 amide bonds. The van der Waals surface area contributed by atoms with Crippen molar-refractivity contribution >= 4 is 23.4 Å². The van der Waals surface area contributed by atoms with E-state index in [1.54, 1.807) is 12.3 Å². The van der Waals surface area contributed by atoms with E-state index in [4.69, 9.17) is 0 Å². The van der Waals surface area contributed by atoms with Gasteiger partial charge < -0.3 is 10.2 Å². The summed E-state index contributed by atoms with van der Waals surface area (Å²) in [6, 6.07) is 4.00. The largest absolute Gasteiger partial charge is 0.388 e. The molecule has 92 valence electrons. The van der Waals surface area contributed by atoms with Crippen LogP contribution in [0.5, 0.6) is 0 Å². The van der Waals surface area contributed by atoms with Crippen molar-refractivity contribution in [2.24, 2.45) is 0 Å². The lowest BCUT2D eigenvalue weighted by Gasteiger charge is -2.23. The van der Waals surface area contributed by atoms with Gasteiger partial charge in [0.25, 0.3) is 5.91 Å². The maximum Gasteiger partial charge on any atom is 0.272 e. The number of carbonyl (C=O) groups excluding carboxylic acids is 1. The standard InChI is InChI=1S/C12H17N3OS/c1-13-9-3-5-14-11(7-9)12(16)15(2)10-4-6-17-8-10/h3,5,7,10H,4,6,8H2,1-2H3,(H,13,14). The van der Waals surface area contributed by atoms with Gasteiger partial charge in [-0.05, 0) is 24.3 Å². The van der Waals surface area contributed by atoms with E-state index in [0.29, 0.717) is 11.7 Å². The molecule has 2 rings (SSSR count). The van der Waals surface area contributed by atoms with Gasteiger partial charge in [0.2, 0.25) is 0 Å². The van der Waals surface area contributed by atoms with Crippen molar-refractivity contribution < 1.29 is 4.79 Å². The highest BCUT2D eigenvalue weighted by atomic mass is 32.2. The fraction of sp³-hybridized carbons (Fsp3) is 0.500. The first kappa shape index (κ1) is 12.2. The number of amides is 1. The van der Waals surface area contributed by atoms with Crippen LogP contribution < -0.4 is 5.32 Å². The summed E-state index contributed by atoms with van der Waals surface area (Å²) in [5.41, 5.74) is 1.42. The van der Waals surface area contributed by atoms with Gasteiger partial charge >= 0.3 is 0 Å². The van der Waals surface area contributed by atoms with Crippen LogP contribution in [0.15, 0.2) is 18.3 Å². The Labute approximate surface area is 106 Å². The third kappa shape index (κ3) is 2.72. The third-order valence-corrected chi connectivity index (χ3v) is 4.19. The van der Waals surface area contributed by atoms with Crippen LogP contribution in [0.1, 0.15) is 16.9 Å². The smallest absolute Gasteiger partial charge is 0.272 e. The number of thioether (sulfide) groups is 1. The summed E-state index contributed by atoms with van der Waals surface area (Å²) in [5, 5.41) is 3.02. The van der Waals surface area contributed by atoms with Gasteiger partial charge in [-0.3, -0.25) is 9.78 Å². The zero-order valence-electron chi connectivity index (χ0n) is 10.1. The van der Waals surface area contributed by atoms with Crippen molar-refractivity contribution in [3.8, 4) is 0 Å². The molecule has 1 N–H and O–H groups in total. The quantitative estimate of drug-likeness (QED) is 0.888. The van der Waals surface area contributed by atoms with Gasteiger partial charge in [0.15, 0.2) is 0 Å². The number of pyridine rings is 1. The Morgan fingerprint density at radius 2 is 2.47 bits per heavy atom. The highest BCUT2D eigenvalue weighted by Gasteiger charge is 2.25. The van der Waals surface area contributed by atoms with Gasteiger partial charge in [0, 0.05) is 37.8 Å². The molecule has 1 saturated heterocycles. The molecule has 2 heterocycles. The lowest BCUT2D eigenvalue weighted by molar-refractivity contribution is 0.0742. The van der Waals surface area contributed by atoms with E-state index in [-0.39, 0.29) is 5.91 Å². The van der Waals surface area contributed by atoms with Crippen LogP contribution in [0.2, 0.25) is 0 Å². The minimum Gasteiger partial charge on any atom is -0.388 e. The molecule has 1 aliphatic heterocycles. The van der Waals surface area contributed by atoms with Crippen LogP contribution in [-0.4, -0.2) is 47.4 Å². The number of hydrogen-bond acceptors (Lipinski definition) is 4. The van der Waals surface area contributed by atoms with Crippen molar-refractivity contribution in [1.29, 1.82) is 0 Å². The van der Waals surface area contributed by atoms with Gasteiger partial charge in [-0.25, -0.2) is 0 Å². The van der Waals surface area contributed by atoms with Crippen LogP contribution >= 0.6 is 11.8 Å². The Balaban J connectivity index is 2.12. The lowest BCUT2D eigenvalue weighted by Crippen LogP contribution is -2.37. The summed E-state index contributed by atoms with van der Waals surface area (Å²) < 4.78 is 0. The van der Waals surface area contributed by atoms with E-state index in [9.17, 15) is 4.79 Å². The number of aromatic nitrogens is 1. The molecule has 0 spiro atoms. The van der Waals surface area contributed by atoms with Gasteiger partial charge in [-0.15, -0.1) is 0 Å². The molecule has 1 fully saturated rings. The second kappa shape index (κ2) is 5.40. The minimum atomic E-state index is 0.00889. The van der Waals surface area contributed by atoms with Crippen molar-refractivity contribution in [1.82, 2.24) is 9.88 Å². The molecule has 0 aromatic carbocycles. The second-order valence-corrected chi connectivity index (χ2v) is 5.26. The topological polar surface area (TPSA) is 45.2 Å². The van der Waals surface area contributed by atoms with Crippen LogP contribution in [-0.2, 0) is 0 Å². The molecule has 1 aliphatic rings. The SMILES string of the molecule is CNc1ccnc(C(=O)N(C)C2CCSC2)c1. The molecule has 0 bridgehead atoms. The highest BCUT2D eigenvalue weighted by Crippen LogP contribution is 2.22. The third-order valence-electron chi connectivity index (χ3n) is 3.04. The number of rotatable bonds is 3. The number of anilines is 1. The van der Waals surface area contributed by atoms with Gasteiger partial charge in [-0.1, -0.05) is 0 Å². The summed E-state index contributed by atoms with van der Waals surface area (Å²) in [6.07, 6.45) is 2.74. The van der Waals surface area contributed by atoms with Gasteiger partial charge in [0.05, 0.1) is 0 Å². The van der Waals surface area contributed by atoms with Gasteiger partial charge in [0.1, 0.15) is 5.69 Å². The van der Waals surface area contributed by atoms with Crippen molar-refractivity contribution in [2.45, 2.75) is 12.5 Å². The van der Waals surface area contributed by atoms with E-state index in [1.165, 1.54) is 0 Å². The maximum atomic E-state index is 12.2. The van der Waals surface area contributed by atoms with Crippen LogP contribution in [0.4, 0.5) is 5.69 Å². The molecule has 1 aromatic heterocycles. The summed E-state index contributed by atoms with van der Waals surface area (Å²) in [6.45, 7) is 0. The fourth-order valence-electron chi connectivity index (χ4n) is 1.88. The lowest BCUT2D eigenvalue weighted by atomic mass is 10.2. The molecule has 0 saturated carbocycles. The van der Waals surface area contributed by atoms with Crippen LogP contribution in [0.25, 0.3) is 0 Å². The van der Waals surface area contributed by atoms with E-state index < -0.39 is 0 Å². The molecule has 1 atom stereocenters. The minimum absolute atomic E-state index is 0.00889. The maximum absolute atomic E-state index is 12.2. The second-order valence-electron chi connectivity index (χ2n) is 4.11. The van der Waals surface area contributed by atoms with E-state index >= 15 is 0 Å². The molecule has 1 unspecified atom stereocenters. The van der Waals surface area contributed by atoms with E-state index in [2.05, 4.69) is 10.3 Å². The van der Waals surface area contributed by atoms with Crippen molar-refractivity contribution in [2.75, 3.05) is 30.9 Å². The highest BCUT2D eigenvalue weighted by molar-refractivity contribution is 7.99. The zero-order chi connectivity index (χ0) is 12.3. The van der Waals surface area contributed by atoms with Crippen molar-refractivity contribution in [3.05, 3.63) is 24.0 Å². The zero-order valence-corrected chi connectivity index (χ0v) is 11.0. The number of nitrogens with one attached hydrogen (secondary N) is 1. The Morgan fingerprint density at radius 3 is 3.12 bits per heavy atom.